The van der Waals surface area contributed by atoms with Crippen LogP contribution in [0.2, 0.25) is 0 Å². The van der Waals surface area contributed by atoms with E-state index in [0.717, 1.165) is 12.6 Å². The Balaban J connectivity index is 1.85. The molecule has 96 valence electrons. The highest BCUT2D eigenvalue weighted by Gasteiger charge is 2.18. The molecule has 1 aromatic rings. The Morgan fingerprint density at radius 2 is 2.41 bits per heavy atom. The molecule has 2 rings (SSSR count). The fraction of sp³-hybridized carbons (Fsp3) is 0.692. The van der Waals surface area contributed by atoms with Crippen molar-refractivity contribution >= 4 is 23.1 Å². The van der Waals surface area contributed by atoms with E-state index in [1.165, 1.54) is 29.2 Å². The summed E-state index contributed by atoms with van der Waals surface area (Å²) < 4.78 is 0. The van der Waals surface area contributed by atoms with E-state index in [9.17, 15) is 0 Å². The molecule has 1 aliphatic rings. The molecule has 0 radical (unpaired) electrons. The van der Waals surface area contributed by atoms with E-state index in [2.05, 4.69) is 53.6 Å². The van der Waals surface area contributed by atoms with Gasteiger partial charge in [0.25, 0.3) is 0 Å². The summed E-state index contributed by atoms with van der Waals surface area (Å²) in [5, 5.41) is 5.90. The summed E-state index contributed by atoms with van der Waals surface area (Å²) in [6, 6.07) is 5.62. The zero-order valence-corrected chi connectivity index (χ0v) is 12.3. The van der Waals surface area contributed by atoms with E-state index < -0.39 is 0 Å². The monoisotopic (exact) mass is 270 g/mol. The lowest BCUT2D eigenvalue weighted by molar-refractivity contribution is 0.283. The number of hydrogen-bond acceptors (Lipinski definition) is 4. The molecule has 17 heavy (non-hydrogen) atoms. The van der Waals surface area contributed by atoms with Gasteiger partial charge in [0.2, 0.25) is 0 Å². The van der Waals surface area contributed by atoms with E-state index in [0.29, 0.717) is 6.04 Å². The van der Waals surface area contributed by atoms with Crippen molar-refractivity contribution in [2.75, 3.05) is 32.1 Å². The van der Waals surface area contributed by atoms with Crippen molar-refractivity contribution in [3.8, 4) is 0 Å². The Morgan fingerprint density at radius 3 is 3.00 bits per heavy atom. The SMILES string of the molecule is CN(C)C(CNC1CCCSC1)c1cccs1. The first-order valence-electron chi connectivity index (χ1n) is 6.28. The highest BCUT2D eigenvalue weighted by molar-refractivity contribution is 7.99. The molecule has 4 heteroatoms. The Hall–Kier alpha value is -0.0300. The van der Waals surface area contributed by atoms with Crippen molar-refractivity contribution in [2.24, 2.45) is 0 Å². The van der Waals surface area contributed by atoms with Gasteiger partial charge in [-0.1, -0.05) is 6.07 Å². The van der Waals surface area contributed by atoms with Crippen LogP contribution in [0.3, 0.4) is 0 Å². The fourth-order valence-corrected chi connectivity index (χ4v) is 4.23. The van der Waals surface area contributed by atoms with Crippen LogP contribution >= 0.6 is 23.1 Å². The van der Waals surface area contributed by atoms with Gasteiger partial charge in [-0.15, -0.1) is 11.3 Å². The fourth-order valence-electron chi connectivity index (χ4n) is 2.20. The van der Waals surface area contributed by atoms with Gasteiger partial charge in [-0.05, 0) is 44.1 Å². The van der Waals surface area contributed by atoms with Crippen LogP contribution in [0.4, 0.5) is 0 Å². The molecule has 0 amide bonds. The quantitative estimate of drug-likeness (QED) is 0.886. The predicted octanol–water partition coefficient (Wildman–Crippen LogP) is 2.84. The third kappa shape index (κ3) is 3.98. The van der Waals surface area contributed by atoms with E-state index >= 15 is 0 Å². The predicted molar refractivity (Wildman–Crippen MR) is 79.1 cm³/mol. The average Bonchev–Trinajstić information content (AvgIpc) is 2.84. The zero-order valence-electron chi connectivity index (χ0n) is 10.7. The smallest absolute Gasteiger partial charge is 0.0561 e. The van der Waals surface area contributed by atoms with Crippen LogP contribution in [-0.4, -0.2) is 43.1 Å². The topological polar surface area (TPSA) is 15.3 Å². The van der Waals surface area contributed by atoms with Crippen LogP contribution in [-0.2, 0) is 0 Å². The summed E-state index contributed by atoms with van der Waals surface area (Å²) in [4.78, 5) is 3.78. The Labute approximate surface area is 113 Å². The second-order valence-corrected chi connectivity index (χ2v) is 6.95. The van der Waals surface area contributed by atoms with Gasteiger partial charge in [0.1, 0.15) is 0 Å². The van der Waals surface area contributed by atoms with Gasteiger partial charge in [0.05, 0.1) is 6.04 Å². The first-order valence-corrected chi connectivity index (χ1v) is 8.32. The summed E-state index contributed by atoms with van der Waals surface area (Å²) in [6.45, 7) is 1.07. The van der Waals surface area contributed by atoms with E-state index in [1.54, 1.807) is 0 Å². The van der Waals surface area contributed by atoms with Crippen molar-refractivity contribution in [3.05, 3.63) is 22.4 Å². The third-order valence-electron chi connectivity index (χ3n) is 3.26. The molecule has 0 saturated carbocycles. The normalized spacial score (nSPS) is 22.9. The first-order chi connectivity index (χ1) is 8.27. The number of hydrogen-bond donors (Lipinski definition) is 1. The van der Waals surface area contributed by atoms with Crippen LogP contribution in [0.1, 0.15) is 23.8 Å². The summed E-state index contributed by atoms with van der Waals surface area (Å²) in [7, 11) is 4.34. The number of thioether (sulfide) groups is 1. The van der Waals surface area contributed by atoms with Crippen molar-refractivity contribution in [1.82, 2.24) is 10.2 Å². The zero-order chi connectivity index (χ0) is 12.1. The average molecular weight is 270 g/mol. The molecule has 1 aliphatic heterocycles. The minimum Gasteiger partial charge on any atom is -0.311 e. The van der Waals surface area contributed by atoms with Crippen molar-refractivity contribution in [2.45, 2.75) is 24.9 Å². The van der Waals surface area contributed by atoms with Gasteiger partial charge in [-0.2, -0.15) is 11.8 Å². The summed E-state index contributed by atoms with van der Waals surface area (Å²) in [5.41, 5.74) is 0. The highest BCUT2D eigenvalue weighted by atomic mass is 32.2. The van der Waals surface area contributed by atoms with Gasteiger partial charge in [-0.3, -0.25) is 0 Å². The van der Waals surface area contributed by atoms with E-state index in [4.69, 9.17) is 0 Å². The Kier molecular flexibility index (Phi) is 5.35. The van der Waals surface area contributed by atoms with Gasteiger partial charge >= 0.3 is 0 Å². The van der Waals surface area contributed by atoms with Gasteiger partial charge in [0.15, 0.2) is 0 Å². The molecule has 2 nitrogen and oxygen atoms in total. The van der Waals surface area contributed by atoms with Crippen molar-refractivity contribution in [3.63, 3.8) is 0 Å². The molecular formula is C13H22N2S2. The molecule has 0 aliphatic carbocycles. The maximum Gasteiger partial charge on any atom is 0.0561 e. The van der Waals surface area contributed by atoms with Crippen LogP contribution in [0.25, 0.3) is 0 Å². The number of thiophene rings is 1. The van der Waals surface area contributed by atoms with Crippen LogP contribution < -0.4 is 5.32 Å². The van der Waals surface area contributed by atoms with Gasteiger partial charge in [-0.25, -0.2) is 0 Å². The van der Waals surface area contributed by atoms with Gasteiger partial charge in [0, 0.05) is 23.2 Å². The molecule has 0 bridgehead atoms. The maximum atomic E-state index is 3.74. The van der Waals surface area contributed by atoms with Crippen molar-refractivity contribution < 1.29 is 0 Å². The Morgan fingerprint density at radius 1 is 1.53 bits per heavy atom. The minimum absolute atomic E-state index is 0.516. The molecular weight excluding hydrogens is 248 g/mol. The maximum absolute atomic E-state index is 3.74. The second kappa shape index (κ2) is 6.78. The number of nitrogens with one attached hydrogen (secondary N) is 1. The van der Waals surface area contributed by atoms with Crippen LogP contribution in [0.5, 0.6) is 0 Å². The lowest BCUT2D eigenvalue weighted by atomic mass is 10.1. The molecule has 1 N–H and O–H groups in total. The molecule has 1 aromatic heterocycles. The lowest BCUT2D eigenvalue weighted by Gasteiger charge is -2.28. The molecule has 0 aromatic carbocycles. The number of rotatable bonds is 5. The third-order valence-corrected chi connectivity index (χ3v) is 5.44. The van der Waals surface area contributed by atoms with Crippen LogP contribution in [0.15, 0.2) is 17.5 Å². The number of likely N-dealkylation sites (N-methyl/N-ethyl adjacent to an activating group) is 1. The van der Waals surface area contributed by atoms with Gasteiger partial charge < -0.3 is 10.2 Å². The summed E-state index contributed by atoms with van der Waals surface area (Å²) in [5.74, 6) is 2.63. The molecule has 1 saturated heterocycles. The minimum atomic E-state index is 0.516. The molecule has 0 spiro atoms. The highest BCUT2D eigenvalue weighted by Crippen LogP contribution is 2.23. The molecule has 2 atom stereocenters. The largest absolute Gasteiger partial charge is 0.311 e. The number of nitrogens with zero attached hydrogens (tertiary/aromatic N) is 1. The molecule has 2 unspecified atom stereocenters. The molecule has 1 fully saturated rings. The van der Waals surface area contributed by atoms with Crippen LogP contribution in [0, 0.1) is 0 Å². The first kappa shape index (κ1) is 13.4. The molecule has 2 heterocycles. The summed E-state index contributed by atoms with van der Waals surface area (Å²) in [6.07, 6.45) is 2.71. The standard InChI is InChI=1S/C13H22N2S2/c1-15(2)12(13-6-4-8-17-13)9-14-11-5-3-7-16-10-11/h4,6,8,11-12,14H,3,5,7,9-10H2,1-2H3. The van der Waals surface area contributed by atoms with Crippen molar-refractivity contribution in [1.29, 1.82) is 0 Å². The Bertz CT molecular complexity index is 305. The summed E-state index contributed by atoms with van der Waals surface area (Å²) >= 11 is 3.95. The van der Waals surface area contributed by atoms with E-state index in [1.807, 2.05) is 11.3 Å². The van der Waals surface area contributed by atoms with E-state index in [-0.39, 0.29) is 0 Å². The second-order valence-electron chi connectivity index (χ2n) is 4.82. The lowest BCUT2D eigenvalue weighted by Crippen LogP contribution is -2.39.